The molecule has 2 aliphatic heterocycles. The van der Waals surface area contributed by atoms with E-state index in [0.717, 1.165) is 32.5 Å². The zero-order valence-corrected chi connectivity index (χ0v) is 9.58. The van der Waals surface area contributed by atoms with Crippen molar-refractivity contribution in [3.8, 4) is 0 Å². The number of piperidine rings is 1. The van der Waals surface area contributed by atoms with Gasteiger partial charge in [0.1, 0.15) is 6.61 Å². The van der Waals surface area contributed by atoms with E-state index < -0.39 is 0 Å². The number of amides is 1. The van der Waals surface area contributed by atoms with Gasteiger partial charge in [0, 0.05) is 18.0 Å². The van der Waals surface area contributed by atoms with E-state index in [2.05, 4.69) is 5.32 Å². The molecule has 0 radical (unpaired) electrons. The van der Waals surface area contributed by atoms with Crippen LogP contribution in [0.15, 0.2) is 0 Å². The predicted molar refractivity (Wildman–Crippen MR) is 57.7 cm³/mol. The second kappa shape index (κ2) is 4.00. The molecule has 4 nitrogen and oxygen atoms in total. The Morgan fingerprint density at radius 2 is 2.07 bits per heavy atom. The number of nitrogens with zero attached hydrogens (tertiary/aromatic N) is 1. The lowest BCUT2D eigenvalue weighted by Gasteiger charge is -2.45. The van der Waals surface area contributed by atoms with E-state index in [0.29, 0.717) is 6.61 Å². The number of carbonyl (C=O) groups excluding carboxylic acids is 1. The van der Waals surface area contributed by atoms with Crippen molar-refractivity contribution in [1.29, 1.82) is 0 Å². The Hall–Kier alpha value is -0.770. The third kappa shape index (κ3) is 2.09. The molecule has 2 rings (SSSR count). The largest absolute Gasteiger partial charge is 0.449 e. The van der Waals surface area contributed by atoms with Crippen LogP contribution >= 0.6 is 0 Å². The van der Waals surface area contributed by atoms with Gasteiger partial charge in [-0.3, -0.25) is 0 Å². The van der Waals surface area contributed by atoms with E-state index in [9.17, 15) is 4.79 Å². The summed E-state index contributed by atoms with van der Waals surface area (Å²) >= 11 is 0. The van der Waals surface area contributed by atoms with Crippen LogP contribution < -0.4 is 5.32 Å². The topological polar surface area (TPSA) is 41.6 Å². The summed E-state index contributed by atoms with van der Waals surface area (Å²) in [5, 5.41) is 3.35. The number of ether oxygens (including phenoxy) is 1. The van der Waals surface area contributed by atoms with Crippen LogP contribution in [0.5, 0.6) is 0 Å². The summed E-state index contributed by atoms with van der Waals surface area (Å²) < 4.78 is 5.30. The smallest absolute Gasteiger partial charge is 0.410 e. The van der Waals surface area contributed by atoms with Crippen LogP contribution in [0.2, 0.25) is 0 Å². The monoisotopic (exact) mass is 212 g/mol. The van der Waals surface area contributed by atoms with Gasteiger partial charge in [-0.05, 0) is 39.8 Å². The maximum atomic E-state index is 11.5. The molecular weight excluding hydrogens is 192 g/mol. The summed E-state index contributed by atoms with van der Waals surface area (Å²) in [6.45, 7) is 7.65. The molecule has 0 saturated carbocycles. The first kappa shape index (κ1) is 10.7. The highest BCUT2D eigenvalue weighted by Gasteiger charge is 2.41. The maximum Gasteiger partial charge on any atom is 0.410 e. The molecule has 86 valence electrons. The van der Waals surface area contributed by atoms with Crippen LogP contribution in [0.3, 0.4) is 0 Å². The van der Waals surface area contributed by atoms with Crippen molar-refractivity contribution in [2.75, 3.05) is 26.2 Å². The molecule has 0 aliphatic carbocycles. The normalized spacial score (nSPS) is 25.8. The summed E-state index contributed by atoms with van der Waals surface area (Å²) in [7, 11) is 0. The molecule has 15 heavy (non-hydrogen) atoms. The van der Waals surface area contributed by atoms with Gasteiger partial charge in [0.15, 0.2) is 0 Å². The molecule has 0 bridgehead atoms. The summed E-state index contributed by atoms with van der Waals surface area (Å²) in [5.41, 5.74) is 0.212. The Morgan fingerprint density at radius 1 is 1.40 bits per heavy atom. The van der Waals surface area contributed by atoms with Crippen LogP contribution in [0.4, 0.5) is 4.79 Å². The first-order valence-electron chi connectivity index (χ1n) is 5.77. The van der Waals surface area contributed by atoms with Crippen molar-refractivity contribution in [2.45, 2.75) is 32.7 Å². The molecule has 2 fully saturated rings. The highest BCUT2D eigenvalue weighted by molar-refractivity contribution is 5.68. The van der Waals surface area contributed by atoms with Gasteiger partial charge >= 0.3 is 6.09 Å². The Labute approximate surface area is 91.0 Å². The molecule has 0 atom stereocenters. The molecule has 0 aromatic rings. The van der Waals surface area contributed by atoms with E-state index in [-0.39, 0.29) is 17.6 Å². The van der Waals surface area contributed by atoms with Crippen LogP contribution in [0, 0.1) is 5.41 Å². The van der Waals surface area contributed by atoms with Gasteiger partial charge in [-0.1, -0.05) is 0 Å². The van der Waals surface area contributed by atoms with Gasteiger partial charge in [0.2, 0.25) is 0 Å². The molecule has 1 N–H and O–H groups in total. The second-order valence-electron chi connectivity index (χ2n) is 5.03. The van der Waals surface area contributed by atoms with Crippen molar-refractivity contribution >= 4 is 6.09 Å². The average molecular weight is 212 g/mol. The van der Waals surface area contributed by atoms with Crippen molar-refractivity contribution in [1.82, 2.24) is 10.2 Å². The lowest BCUT2D eigenvalue weighted by molar-refractivity contribution is -0.0306. The van der Waals surface area contributed by atoms with Gasteiger partial charge in [-0.25, -0.2) is 4.79 Å². The van der Waals surface area contributed by atoms with Crippen LogP contribution in [0.25, 0.3) is 0 Å². The number of cyclic esters (lactones) is 1. The molecule has 0 aromatic carbocycles. The third-order valence-electron chi connectivity index (χ3n) is 3.53. The van der Waals surface area contributed by atoms with Crippen LogP contribution in [-0.2, 0) is 4.74 Å². The highest BCUT2D eigenvalue weighted by atomic mass is 16.6. The summed E-state index contributed by atoms with van der Waals surface area (Å²) in [6.07, 6.45) is 2.08. The van der Waals surface area contributed by atoms with E-state index >= 15 is 0 Å². The molecule has 0 aromatic heterocycles. The van der Waals surface area contributed by atoms with E-state index in [1.54, 1.807) is 0 Å². The maximum absolute atomic E-state index is 11.5. The van der Waals surface area contributed by atoms with Crippen LogP contribution in [0.1, 0.15) is 26.7 Å². The molecule has 2 saturated heterocycles. The standard InChI is InChI=1S/C11H20N2O2/c1-9(2)13-7-11(8-15-10(13)14)3-5-12-6-4-11/h9,12H,3-8H2,1-2H3. The fraction of sp³-hybridized carbons (Fsp3) is 0.909. The highest BCUT2D eigenvalue weighted by Crippen LogP contribution is 2.34. The molecule has 2 aliphatic rings. The molecule has 2 heterocycles. The minimum absolute atomic E-state index is 0.144. The minimum Gasteiger partial charge on any atom is -0.449 e. The van der Waals surface area contributed by atoms with Gasteiger partial charge < -0.3 is 15.0 Å². The fourth-order valence-corrected chi connectivity index (χ4v) is 2.42. The van der Waals surface area contributed by atoms with Crippen molar-refractivity contribution in [3.63, 3.8) is 0 Å². The molecular formula is C11H20N2O2. The molecule has 1 amide bonds. The quantitative estimate of drug-likeness (QED) is 0.710. The number of rotatable bonds is 1. The molecule has 1 spiro atoms. The van der Waals surface area contributed by atoms with Crippen molar-refractivity contribution in [3.05, 3.63) is 0 Å². The van der Waals surface area contributed by atoms with E-state index in [1.165, 1.54) is 0 Å². The lowest BCUT2D eigenvalue weighted by atomic mass is 9.78. The number of hydrogen-bond acceptors (Lipinski definition) is 3. The van der Waals surface area contributed by atoms with Crippen molar-refractivity contribution < 1.29 is 9.53 Å². The zero-order valence-electron chi connectivity index (χ0n) is 9.58. The summed E-state index contributed by atoms with van der Waals surface area (Å²) in [6, 6.07) is 0.240. The molecule has 4 heteroatoms. The zero-order chi connectivity index (χ0) is 10.9. The Bertz CT molecular complexity index is 247. The summed E-state index contributed by atoms with van der Waals surface area (Å²) in [4.78, 5) is 13.4. The Morgan fingerprint density at radius 3 is 2.67 bits per heavy atom. The number of nitrogens with one attached hydrogen (secondary N) is 1. The predicted octanol–water partition coefficient (Wildman–Crippen LogP) is 1.22. The fourth-order valence-electron chi connectivity index (χ4n) is 2.42. The first-order chi connectivity index (χ1) is 7.13. The van der Waals surface area contributed by atoms with Gasteiger partial charge in [0.05, 0.1) is 0 Å². The van der Waals surface area contributed by atoms with Gasteiger partial charge in [-0.2, -0.15) is 0 Å². The summed E-state index contributed by atoms with van der Waals surface area (Å²) in [5.74, 6) is 0. The lowest BCUT2D eigenvalue weighted by Crippen LogP contribution is -2.55. The number of carbonyl (C=O) groups is 1. The second-order valence-corrected chi connectivity index (χ2v) is 5.03. The van der Waals surface area contributed by atoms with Crippen LogP contribution in [-0.4, -0.2) is 43.3 Å². The van der Waals surface area contributed by atoms with Crippen molar-refractivity contribution in [2.24, 2.45) is 5.41 Å². The van der Waals surface area contributed by atoms with E-state index in [4.69, 9.17) is 4.74 Å². The molecule has 0 unspecified atom stereocenters. The number of hydrogen-bond donors (Lipinski definition) is 1. The third-order valence-corrected chi connectivity index (χ3v) is 3.53. The Balaban J connectivity index is 2.06. The first-order valence-corrected chi connectivity index (χ1v) is 5.77. The van der Waals surface area contributed by atoms with E-state index in [1.807, 2.05) is 18.7 Å². The van der Waals surface area contributed by atoms with Gasteiger partial charge in [-0.15, -0.1) is 0 Å². The SMILES string of the molecule is CC(C)N1CC2(CCNCC2)COC1=O. The minimum atomic E-state index is -0.144. The Kier molecular flexibility index (Phi) is 2.87. The van der Waals surface area contributed by atoms with Gasteiger partial charge in [0.25, 0.3) is 0 Å². The average Bonchev–Trinajstić information content (AvgIpc) is 2.23.